The molecule has 3 aliphatic rings. The molecular weight excluding hydrogens is 136 g/mol. The second-order valence-electron chi connectivity index (χ2n) is 4.07. The zero-order valence-electron chi connectivity index (χ0n) is 6.60. The molecule has 2 bridgehead atoms. The molecule has 2 atom stereocenters. The van der Waals surface area contributed by atoms with Crippen LogP contribution in [0, 0.1) is 11.8 Å². The second kappa shape index (κ2) is 1.77. The van der Waals surface area contributed by atoms with Gasteiger partial charge in [0.2, 0.25) is 0 Å². The molecule has 0 N–H and O–H groups in total. The first-order valence-electron chi connectivity index (χ1n) is 4.62. The topological polar surface area (TPSA) is 17.1 Å². The van der Waals surface area contributed by atoms with Crippen molar-refractivity contribution in [2.24, 2.45) is 11.8 Å². The van der Waals surface area contributed by atoms with Gasteiger partial charge in [-0.05, 0) is 43.1 Å². The molecule has 3 aliphatic carbocycles. The molecular formula is C10H12O. The van der Waals surface area contributed by atoms with Gasteiger partial charge in [-0.15, -0.1) is 0 Å². The van der Waals surface area contributed by atoms with E-state index in [0.717, 1.165) is 18.8 Å². The molecule has 0 aliphatic heterocycles. The number of ketones is 1. The lowest BCUT2D eigenvalue weighted by Gasteiger charge is -2.10. The first-order chi connectivity index (χ1) is 5.36. The number of rotatable bonds is 0. The van der Waals surface area contributed by atoms with Gasteiger partial charge in [-0.25, -0.2) is 0 Å². The van der Waals surface area contributed by atoms with Crippen LogP contribution in [0.1, 0.15) is 32.1 Å². The van der Waals surface area contributed by atoms with E-state index in [9.17, 15) is 4.79 Å². The Labute approximate surface area is 66.5 Å². The Morgan fingerprint density at radius 1 is 1.09 bits per heavy atom. The number of allylic oxidation sites excluding steroid dienone is 2. The van der Waals surface area contributed by atoms with E-state index < -0.39 is 0 Å². The highest BCUT2D eigenvalue weighted by atomic mass is 16.1. The molecule has 3 rings (SSSR count). The number of carbonyl (C=O) groups excluding carboxylic acids is 1. The molecule has 2 unspecified atom stereocenters. The summed E-state index contributed by atoms with van der Waals surface area (Å²) in [5, 5.41) is 0. The minimum atomic E-state index is 0.479. The van der Waals surface area contributed by atoms with Gasteiger partial charge in [0.15, 0.2) is 5.78 Å². The van der Waals surface area contributed by atoms with Gasteiger partial charge >= 0.3 is 0 Å². The van der Waals surface area contributed by atoms with Gasteiger partial charge in [0.05, 0.1) is 0 Å². The van der Waals surface area contributed by atoms with Crippen LogP contribution < -0.4 is 0 Å². The number of carbonyl (C=O) groups is 1. The van der Waals surface area contributed by atoms with Crippen LogP contribution >= 0.6 is 0 Å². The van der Waals surface area contributed by atoms with Crippen LogP contribution in [0.4, 0.5) is 0 Å². The Hall–Kier alpha value is -0.590. The lowest BCUT2D eigenvalue weighted by molar-refractivity contribution is -0.115. The van der Waals surface area contributed by atoms with E-state index in [4.69, 9.17) is 0 Å². The summed E-state index contributed by atoms with van der Waals surface area (Å²) in [6, 6.07) is 0. The third-order valence-electron chi connectivity index (χ3n) is 3.60. The maximum Gasteiger partial charge on any atom is 0.159 e. The summed E-state index contributed by atoms with van der Waals surface area (Å²) in [6.45, 7) is 0. The molecule has 0 saturated heterocycles. The fourth-order valence-corrected chi connectivity index (χ4v) is 3.17. The van der Waals surface area contributed by atoms with E-state index in [1.807, 2.05) is 0 Å². The molecule has 1 nitrogen and oxygen atoms in total. The third kappa shape index (κ3) is 0.597. The van der Waals surface area contributed by atoms with Gasteiger partial charge in [0.1, 0.15) is 0 Å². The van der Waals surface area contributed by atoms with Gasteiger partial charge in [0, 0.05) is 6.42 Å². The predicted molar refractivity (Wildman–Crippen MR) is 42.1 cm³/mol. The largest absolute Gasteiger partial charge is 0.295 e. The van der Waals surface area contributed by atoms with Crippen LogP contribution in [-0.4, -0.2) is 5.78 Å². The molecule has 0 aromatic carbocycles. The average molecular weight is 148 g/mol. The molecule has 58 valence electrons. The van der Waals surface area contributed by atoms with Crippen molar-refractivity contribution in [3.63, 3.8) is 0 Å². The summed E-state index contributed by atoms with van der Waals surface area (Å²) in [7, 11) is 0. The monoisotopic (exact) mass is 148 g/mol. The molecule has 0 aromatic heterocycles. The van der Waals surface area contributed by atoms with Crippen molar-refractivity contribution in [1.82, 2.24) is 0 Å². The molecule has 1 heteroatoms. The summed E-state index contributed by atoms with van der Waals surface area (Å²) >= 11 is 0. The average Bonchev–Trinajstić information content (AvgIpc) is 2.60. The standard InChI is InChI=1S/C10H12O/c11-9-4-3-8-6-1-2-7(5-6)10(8)9/h6-7H,1-5H2. The Kier molecular flexibility index (Phi) is 0.961. The predicted octanol–water partition coefficient (Wildman–Crippen LogP) is 2.08. The van der Waals surface area contributed by atoms with Gasteiger partial charge in [-0.2, -0.15) is 0 Å². The molecule has 11 heavy (non-hydrogen) atoms. The molecule has 0 radical (unpaired) electrons. The number of hydrogen-bond acceptors (Lipinski definition) is 1. The maximum atomic E-state index is 11.4. The lowest BCUT2D eigenvalue weighted by Crippen LogP contribution is -2.05. The normalized spacial score (nSPS) is 40.5. The van der Waals surface area contributed by atoms with Crippen LogP contribution in [0.3, 0.4) is 0 Å². The van der Waals surface area contributed by atoms with E-state index >= 15 is 0 Å². The fourth-order valence-electron chi connectivity index (χ4n) is 3.17. The number of fused-ring (bicyclic) bond motifs is 4. The van der Waals surface area contributed by atoms with Crippen LogP contribution in [0.2, 0.25) is 0 Å². The van der Waals surface area contributed by atoms with E-state index in [2.05, 4.69) is 0 Å². The molecule has 1 fully saturated rings. The molecule has 0 spiro atoms. The molecule has 0 heterocycles. The molecule has 0 aromatic rings. The van der Waals surface area contributed by atoms with E-state index in [-0.39, 0.29) is 0 Å². The van der Waals surface area contributed by atoms with Crippen molar-refractivity contribution in [2.45, 2.75) is 32.1 Å². The Balaban J connectivity index is 2.11. The minimum Gasteiger partial charge on any atom is -0.295 e. The first-order valence-corrected chi connectivity index (χ1v) is 4.62. The second-order valence-corrected chi connectivity index (χ2v) is 4.07. The smallest absolute Gasteiger partial charge is 0.159 e. The highest BCUT2D eigenvalue weighted by Gasteiger charge is 2.43. The van der Waals surface area contributed by atoms with Crippen LogP contribution in [0.15, 0.2) is 11.1 Å². The zero-order chi connectivity index (χ0) is 7.42. The van der Waals surface area contributed by atoms with Crippen molar-refractivity contribution in [1.29, 1.82) is 0 Å². The third-order valence-corrected chi connectivity index (χ3v) is 3.60. The van der Waals surface area contributed by atoms with Crippen molar-refractivity contribution in [3.05, 3.63) is 11.1 Å². The molecule has 1 saturated carbocycles. The van der Waals surface area contributed by atoms with E-state index in [0.29, 0.717) is 11.7 Å². The SMILES string of the molecule is O=C1CCC2=C1C1CCC2C1. The zero-order valence-corrected chi connectivity index (χ0v) is 6.60. The first kappa shape index (κ1) is 5.99. The summed E-state index contributed by atoms with van der Waals surface area (Å²) in [6.07, 6.45) is 5.93. The van der Waals surface area contributed by atoms with Gasteiger partial charge in [-0.1, -0.05) is 5.57 Å². The Morgan fingerprint density at radius 3 is 2.73 bits per heavy atom. The summed E-state index contributed by atoms with van der Waals surface area (Å²) in [5.41, 5.74) is 2.84. The van der Waals surface area contributed by atoms with Gasteiger partial charge in [-0.3, -0.25) is 4.79 Å². The van der Waals surface area contributed by atoms with Gasteiger partial charge in [0.25, 0.3) is 0 Å². The summed E-state index contributed by atoms with van der Waals surface area (Å²) in [4.78, 5) is 11.4. The minimum absolute atomic E-state index is 0.479. The Bertz CT molecular complexity index is 262. The lowest BCUT2D eigenvalue weighted by atomic mass is 9.94. The summed E-state index contributed by atoms with van der Waals surface area (Å²) < 4.78 is 0. The van der Waals surface area contributed by atoms with Gasteiger partial charge < -0.3 is 0 Å². The van der Waals surface area contributed by atoms with Crippen LogP contribution in [0.5, 0.6) is 0 Å². The molecule has 0 amide bonds. The van der Waals surface area contributed by atoms with E-state index in [1.165, 1.54) is 24.8 Å². The van der Waals surface area contributed by atoms with Crippen molar-refractivity contribution in [2.75, 3.05) is 0 Å². The van der Waals surface area contributed by atoms with Crippen molar-refractivity contribution < 1.29 is 4.79 Å². The van der Waals surface area contributed by atoms with Crippen molar-refractivity contribution >= 4 is 5.78 Å². The fraction of sp³-hybridized carbons (Fsp3) is 0.700. The quantitative estimate of drug-likeness (QED) is 0.514. The highest BCUT2D eigenvalue weighted by Crippen LogP contribution is 2.53. The number of Topliss-reactive ketones (excluding diaryl/α,β-unsaturated/α-hetero) is 1. The van der Waals surface area contributed by atoms with E-state index in [1.54, 1.807) is 5.57 Å². The van der Waals surface area contributed by atoms with Crippen molar-refractivity contribution in [3.8, 4) is 0 Å². The maximum absolute atomic E-state index is 11.4. The van der Waals surface area contributed by atoms with Crippen LogP contribution in [0.25, 0.3) is 0 Å². The Morgan fingerprint density at radius 2 is 1.91 bits per heavy atom. The van der Waals surface area contributed by atoms with Crippen LogP contribution in [-0.2, 0) is 4.79 Å². The highest BCUT2D eigenvalue weighted by molar-refractivity contribution is 6.00. The number of hydrogen-bond donors (Lipinski definition) is 0. The summed E-state index contributed by atoms with van der Waals surface area (Å²) in [5.74, 6) is 2.01.